The number of hydrogen-bond donors (Lipinski definition) is 1. The van der Waals surface area contributed by atoms with Crippen LogP contribution in [0, 0.1) is 11.8 Å². The quantitative estimate of drug-likeness (QED) is 0.870. The lowest BCUT2D eigenvalue weighted by atomic mass is 9.77. The summed E-state index contributed by atoms with van der Waals surface area (Å²) in [6, 6.07) is 0. The van der Waals surface area contributed by atoms with E-state index in [1.165, 1.54) is 49.4 Å². The third kappa shape index (κ3) is 4.29. The van der Waals surface area contributed by atoms with E-state index in [0.29, 0.717) is 0 Å². The van der Waals surface area contributed by atoms with E-state index in [1.54, 1.807) is 0 Å². The first kappa shape index (κ1) is 16.0. The van der Waals surface area contributed by atoms with Crippen molar-refractivity contribution in [1.82, 2.24) is 10.3 Å². The Kier molecular flexibility index (Phi) is 5.62. The molecule has 1 aliphatic rings. The van der Waals surface area contributed by atoms with Gasteiger partial charge in [0, 0.05) is 17.2 Å². The van der Waals surface area contributed by atoms with E-state index in [1.807, 2.05) is 11.3 Å². The Morgan fingerprint density at radius 2 is 1.95 bits per heavy atom. The molecule has 1 aliphatic carbocycles. The largest absolute Gasteiger partial charge is 0.317 e. The van der Waals surface area contributed by atoms with Crippen molar-refractivity contribution in [3.8, 4) is 0 Å². The molecular formula is C17H30N2S. The van der Waals surface area contributed by atoms with Crippen LogP contribution >= 0.6 is 11.3 Å². The Labute approximate surface area is 128 Å². The van der Waals surface area contributed by atoms with Crippen LogP contribution in [0.15, 0.2) is 5.38 Å². The molecule has 2 nitrogen and oxygen atoms in total. The number of hydrogen-bond acceptors (Lipinski definition) is 3. The van der Waals surface area contributed by atoms with E-state index in [9.17, 15) is 0 Å². The van der Waals surface area contributed by atoms with Gasteiger partial charge in [-0.3, -0.25) is 0 Å². The normalized spacial score (nSPS) is 24.0. The van der Waals surface area contributed by atoms with Crippen LogP contribution in [0.4, 0.5) is 0 Å². The Bertz CT molecular complexity index is 405. The van der Waals surface area contributed by atoms with E-state index in [2.05, 4.69) is 38.4 Å². The van der Waals surface area contributed by atoms with Gasteiger partial charge in [-0.25, -0.2) is 4.98 Å². The first-order valence-corrected chi connectivity index (χ1v) is 9.04. The van der Waals surface area contributed by atoms with E-state index in [-0.39, 0.29) is 5.41 Å². The molecule has 0 spiro atoms. The number of thiazole rings is 1. The Hall–Kier alpha value is -0.410. The molecule has 2 atom stereocenters. The summed E-state index contributed by atoms with van der Waals surface area (Å²) in [6.45, 7) is 11.2. The van der Waals surface area contributed by atoms with Gasteiger partial charge in [0.1, 0.15) is 0 Å². The maximum Gasteiger partial charge on any atom is 0.0931 e. The molecule has 20 heavy (non-hydrogen) atoms. The SMILES string of the molecule is CCNCC1CCCCC1Cc1nc(C(C)(C)C)cs1. The molecular weight excluding hydrogens is 264 g/mol. The van der Waals surface area contributed by atoms with Crippen molar-refractivity contribution in [2.75, 3.05) is 13.1 Å². The van der Waals surface area contributed by atoms with Gasteiger partial charge in [0.05, 0.1) is 10.7 Å². The van der Waals surface area contributed by atoms with Gasteiger partial charge in [0.2, 0.25) is 0 Å². The van der Waals surface area contributed by atoms with Crippen molar-refractivity contribution in [3.05, 3.63) is 16.1 Å². The Balaban J connectivity index is 1.97. The number of rotatable bonds is 5. The zero-order valence-corrected chi connectivity index (χ0v) is 14.4. The summed E-state index contributed by atoms with van der Waals surface area (Å²) in [6.07, 6.45) is 6.80. The van der Waals surface area contributed by atoms with Crippen molar-refractivity contribution in [3.63, 3.8) is 0 Å². The first-order valence-electron chi connectivity index (χ1n) is 8.16. The molecule has 0 saturated heterocycles. The molecule has 1 fully saturated rings. The number of nitrogens with zero attached hydrogens (tertiary/aromatic N) is 1. The molecule has 1 N–H and O–H groups in total. The van der Waals surface area contributed by atoms with Crippen molar-refractivity contribution >= 4 is 11.3 Å². The van der Waals surface area contributed by atoms with Gasteiger partial charge in [0.15, 0.2) is 0 Å². The summed E-state index contributed by atoms with van der Waals surface area (Å²) in [5, 5.41) is 7.16. The van der Waals surface area contributed by atoms with E-state index in [4.69, 9.17) is 4.98 Å². The summed E-state index contributed by atoms with van der Waals surface area (Å²) in [5.74, 6) is 1.69. The number of aromatic nitrogens is 1. The van der Waals surface area contributed by atoms with Crippen molar-refractivity contribution < 1.29 is 0 Å². The maximum absolute atomic E-state index is 4.89. The van der Waals surface area contributed by atoms with Crippen LogP contribution in [0.3, 0.4) is 0 Å². The molecule has 1 aromatic heterocycles. The maximum atomic E-state index is 4.89. The Morgan fingerprint density at radius 1 is 1.25 bits per heavy atom. The fourth-order valence-corrected chi connectivity index (χ4v) is 4.24. The highest BCUT2D eigenvalue weighted by molar-refractivity contribution is 7.09. The lowest BCUT2D eigenvalue weighted by Gasteiger charge is -2.31. The smallest absolute Gasteiger partial charge is 0.0931 e. The minimum atomic E-state index is 0.185. The molecule has 1 aromatic rings. The zero-order valence-electron chi connectivity index (χ0n) is 13.5. The number of nitrogens with one attached hydrogen (secondary N) is 1. The third-order valence-electron chi connectivity index (χ3n) is 4.48. The van der Waals surface area contributed by atoms with Crippen molar-refractivity contribution in [2.45, 2.75) is 65.2 Å². The van der Waals surface area contributed by atoms with E-state index < -0.39 is 0 Å². The lowest BCUT2D eigenvalue weighted by molar-refractivity contribution is 0.229. The van der Waals surface area contributed by atoms with Crippen LogP contribution in [0.5, 0.6) is 0 Å². The van der Waals surface area contributed by atoms with Crippen LogP contribution in [-0.4, -0.2) is 18.1 Å². The zero-order chi connectivity index (χ0) is 14.6. The fraction of sp³-hybridized carbons (Fsp3) is 0.824. The molecule has 0 aromatic carbocycles. The summed E-state index contributed by atoms with van der Waals surface area (Å²) in [4.78, 5) is 4.89. The lowest BCUT2D eigenvalue weighted by Crippen LogP contribution is -2.31. The second-order valence-corrected chi connectivity index (χ2v) is 8.14. The van der Waals surface area contributed by atoms with Gasteiger partial charge in [-0.15, -0.1) is 11.3 Å². The predicted molar refractivity (Wildman–Crippen MR) is 88.5 cm³/mol. The van der Waals surface area contributed by atoms with Crippen LogP contribution < -0.4 is 5.32 Å². The summed E-state index contributed by atoms with van der Waals surface area (Å²) in [7, 11) is 0. The molecule has 114 valence electrons. The van der Waals surface area contributed by atoms with Gasteiger partial charge in [-0.1, -0.05) is 40.5 Å². The van der Waals surface area contributed by atoms with Crippen LogP contribution in [-0.2, 0) is 11.8 Å². The van der Waals surface area contributed by atoms with Gasteiger partial charge in [-0.05, 0) is 37.8 Å². The fourth-order valence-electron chi connectivity index (χ4n) is 3.13. The molecule has 1 heterocycles. The summed E-state index contributed by atoms with van der Waals surface area (Å²) < 4.78 is 0. The second kappa shape index (κ2) is 7.04. The molecule has 0 aliphatic heterocycles. The minimum Gasteiger partial charge on any atom is -0.317 e. The highest BCUT2D eigenvalue weighted by Crippen LogP contribution is 2.33. The highest BCUT2D eigenvalue weighted by Gasteiger charge is 2.26. The molecule has 0 amide bonds. The van der Waals surface area contributed by atoms with Gasteiger partial charge in [-0.2, -0.15) is 0 Å². The molecule has 3 heteroatoms. The van der Waals surface area contributed by atoms with E-state index >= 15 is 0 Å². The Morgan fingerprint density at radius 3 is 2.55 bits per heavy atom. The van der Waals surface area contributed by atoms with Gasteiger partial charge < -0.3 is 5.32 Å². The van der Waals surface area contributed by atoms with E-state index in [0.717, 1.165) is 18.4 Å². The second-order valence-electron chi connectivity index (χ2n) is 7.19. The monoisotopic (exact) mass is 294 g/mol. The molecule has 0 radical (unpaired) electrons. The minimum absolute atomic E-state index is 0.185. The molecule has 0 bridgehead atoms. The van der Waals surface area contributed by atoms with Crippen molar-refractivity contribution in [1.29, 1.82) is 0 Å². The molecule has 2 unspecified atom stereocenters. The average molecular weight is 295 g/mol. The van der Waals surface area contributed by atoms with Crippen LogP contribution in [0.1, 0.15) is 64.1 Å². The molecule has 1 saturated carbocycles. The highest BCUT2D eigenvalue weighted by atomic mass is 32.1. The van der Waals surface area contributed by atoms with Gasteiger partial charge in [0.25, 0.3) is 0 Å². The predicted octanol–water partition coefficient (Wildman–Crippen LogP) is 4.40. The summed E-state index contributed by atoms with van der Waals surface area (Å²) >= 11 is 1.86. The van der Waals surface area contributed by atoms with Gasteiger partial charge >= 0.3 is 0 Å². The van der Waals surface area contributed by atoms with Crippen molar-refractivity contribution in [2.24, 2.45) is 11.8 Å². The first-order chi connectivity index (χ1) is 9.50. The standard InChI is InChI=1S/C17H30N2S/c1-5-18-11-14-9-7-6-8-13(14)10-16-19-15(12-20-16)17(2,3)4/h12-14,18H,5-11H2,1-4H3. The topological polar surface area (TPSA) is 24.9 Å². The van der Waals surface area contributed by atoms with Crippen LogP contribution in [0.2, 0.25) is 0 Å². The summed E-state index contributed by atoms with van der Waals surface area (Å²) in [5.41, 5.74) is 1.45. The average Bonchev–Trinajstić information content (AvgIpc) is 2.86. The molecule has 2 rings (SSSR count). The third-order valence-corrected chi connectivity index (χ3v) is 5.35. The van der Waals surface area contributed by atoms with Crippen LogP contribution in [0.25, 0.3) is 0 Å².